The fourth-order valence-electron chi connectivity index (χ4n) is 2.38. The molecule has 0 atom stereocenters. The number of rotatable bonds is 7. The first-order valence-corrected chi connectivity index (χ1v) is 9.25. The van der Waals surface area contributed by atoms with E-state index in [1.54, 1.807) is 33.0 Å². The topological polar surface area (TPSA) is 93.5 Å². The molecular weight excluding hydrogens is 344 g/mol. The third-order valence-corrected chi connectivity index (χ3v) is 5.77. The van der Waals surface area contributed by atoms with E-state index in [1.807, 2.05) is 0 Å². The van der Waals surface area contributed by atoms with Gasteiger partial charge in [-0.2, -0.15) is 4.31 Å². The number of nitrogens with zero attached hydrogens (tertiary/aromatic N) is 3. The molecule has 25 heavy (non-hydrogen) atoms. The molecule has 1 N–H and O–H groups in total. The molecule has 0 aliphatic rings. The van der Waals surface area contributed by atoms with E-state index in [1.165, 1.54) is 34.4 Å². The Balaban J connectivity index is 2.25. The van der Waals surface area contributed by atoms with Gasteiger partial charge in [-0.25, -0.2) is 13.4 Å². The van der Waals surface area contributed by atoms with E-state index < -0.39 is 15.9 Å². The van der Waals surface area contributed by atoms with Crippen molar-refractivity contribution >= 4 is 21.6 Å². The average Bonchev–Trinajstić information content (AvgIpc) is 2.99. The SMILES string of the molecule is CCN(CC)S(=O)(=O)c1cc(C(=O)Nc2ccc(OC)nc2)n(C)c1. The largest absolute Gasteiger partial charge is 0.481 e. The first-order chi connectivity index (χ1) is 11.8. The third-order valence-electron chi connectivity index (χ3n) is 3.76. The number of anilines is 1. The van der Waals surface area contributed by atoms with Crippen molar-refractivity contribution in [3.05, 3.63) is 36.3 Å². The zero-order valence-corrected chi connectivity index (χ0v) is 15.5. The molecule has 9 heteroatoms. The number of pyridine rings is 1. The second-order valence-corrected chi connectivity index (χ2v) is 7.24. The van der Waals surface area contributed by atoms with Crippen LogP contribution in [0, 0.1) is 0 Å². The Bertz CT molecular complexity index is 840. The lowest BCUT2D eigenvalue weighted by Gasteiger charge is -2.17. The van der Waals surface area contributed by atoms with E-state index in [2.05, 4.69) is 10.3 Å². The molecule has 0 bridgehead atoms. The number of methoxy groups -OCH3 is 1. The van der Waals surface area contributed by atoms with Gasteiger partial charge >= 0.3 is 0 Å². The molecule has 0 unspecified atom stereocenters. The minimum atomic E-state index is -3.61. The summed E-state index contributed by atoms with van der Waals surface area (Å²) in [5.74, 6) is 0.0138. The number of ether oxygens (including phenoxy) is 1. The van der Waals surface area contributed by atoms with Gasteiger partial charge in [-0.15, -0.1) is 0 Å². The number of amides is 1. The maximum Gasteiger partial charge on any atom is 0.272 e. The van der Waals surface area contributed by atoms with Gasteiger partial charge in [0.15, 0.2) is 0 Å². The number of aromatic nitrogens is 2. The van der Waals surface area contributed by atoms with Crippen LogP contribution in [0.1, 0.15) is 24.3 Å². The molecule has 0 aliphatic heterocycles. The molecule has 2 heterocycles. The van der Waals surface area contributed by atoms with Gasteiger partial charge < -0.3 is 14.6 Å². The van der Waals surface area contributed by atoms with E-state index in [-0.39, 0.29) is 10.6 Å². The number of hydrogen-bond donors (Lipinski definition) is 1. The molecule has 8 nitrogen and oxygen atoms in total. The summed E-state index contributed by atoms with van der Waals surface area (Å²) in [6.07, 6.45) is 2.90. The van der Waals surface area contributed by atoms with E-state index >= 15 is 0 Å². The van der Waals surface area contributed by atoms with Gasteiger partial charge in [0.2, 0.25) is 15.9 Å². The predicted octanol–water partition coefficient (Wildman–Crippen LogP) is 1.71. The van der Waals surface area contributed by atoms with Crippen LogP contribution in [-0.2, 0) is 17.1 Å². The summed E-state index contributed by atoms with van der Waals surface area (Å²) in [6, 6.07) is 4.65. The smallest absolute Gasteiger partial charge is 0.272 e. The predicted molar refractivity (Wildman–Crippen MR) is 94.3 cm³/mol. The Morgan fingerprint density at radius 2 is 2.00 bits per heavy atom. The number of sulfonamides is 1. The van der Waals surface area contributed by atoms with Crippen molar-refractivity contribution in [3.63, 3.8) is 0 Å². The molecule has 0 spiro atoms. The van der Waals surface area contributed by atoms with Crippen LogP contribution >= 0.6 is 0 Å². The second-order valence-electron chi connectivity index (χ2n) is 5.30. The number of nitrogens with one attached hydrogen (secondary N) is 1. The van der Waals surface area contributed by atoms with Gasteiger partial charge in [0, 0.05) is 32.4 Å². The standard InChI is InChI=1S/C16H22N4O4S/c1-5-20(6-2)25(22,23)13-9-14(19(3)11-13)16(21)18-12-7-8-15(24-4)17-10-12/h7-11H,5-6H2,1-4H3,(H,18,21). The van der Waals surface area contributed by atoms with Crippen LogP contribution in [0.25, 0.3) is 0 Å². The fourth-order valence-corrected chi connectivity index (χ4v) is 3.91. The summed E-state index contributed by atoms with van der Waals surface area (Å²) in [5.41, 5.74) is 0.724. The highest BCUT2D eigenvalue weighted by Crippen LogP contribution is 2.19. The second kappa shape index (κ2) is 7.66. The lowest BCUT2D eigenvalue weighted by Crippen LogP contribution is -2.30. The minimum absolute atomic E-state index is 0.0942. The molecule has 0 saturated carbocycles. The molecule has 0 fully saturated rings. The highest BCUT2D eigenvalue weighted by molar-refractivity contribution is 7.89. The van der Waals surface area contributed by atoms with E-state index in [0.717, 1.165) is 0 Å². The first kappa shape index (κ1) is 18.9. The summed E-state index contributed by atoms with van der Waals surface area (Å²) in [7, 11) is -0.485. The Morgan fingerprint density at radius 3 is 2.52 bits per heavy atom. The van der Waals surface area contributed by atoms with Crippen LogP contribution in [0.2, 0.25) is 0 Å². The van der Waals surface area contributed by atoms with Gasteiger partial charge in [-0.05, 0) is 12.1 Å². The number of carbonyl (C=O) groups is 1. The summed E-state index contributed by atoms with van der Waals surface area (Å²) in [6.45, 7) is 4.28. The summed E-state index contributed by atoms with van der Waals surface area (Å²) in [5, 5.41) is 2.69. The van der Waals surface area contributed by atoms with Crippen molar-refractivity contribution in [2.75, 3.05) is 25.5 Å². The molecule has 0 radical (unpaired) electrons. The van der Waals surface area contributed by atoms with Crippen LogP contribution in [0.3, 0.4) is 0 Å². The zero-order chi connectivity index (χ0) is 18.6. The fraction of sp³-hybridized carbons (Fsp3) is 0.375. The maximum absolute atomic E-state index is 12.6. The highest BCUT2D eigenvalue weighted by atomic mass is 32.2. The minimum Gasteiger partial charge on any atom is -0.481 e. The van der Waals surface area contributed by atoms with Crippen molar-refractivity contribution in [1.82, 2.24) is 13.9 Å². The molecule has 2 rings (SSSR count). The van der Waals surface area contributed by atoms with E-state index in [0.29, 0.717) is 24.7 Å². The Hall–Kier alpha value is -2.39. The van der Waals surface area contributed by atoms with E-state index in [4.69, 9.17) is 4.74 Å². The Labute approximate surface area is 147 Å². The van der Waals surface area contributed by atoms with Crippen LogP contribution in [0.15, 0.2) is 35.5 Å². The monoisotopic (exact) mass is 366 g/mol. The van der Waals surface area contributed by atoms with Crippen molar-refractivity contribution < 1.29 is 17.9 Å². The zero-order valence-electron chi connectivity index (χ0n) is 14.7. The average molecular weight is 366 g/mol. The van der Waals surface area contributed by atoms with Gasteiger partial charge in [0.05, 0.1) is 19.0 Å². The Kier molecular flexibility index (Phi) is 5.81. The first-order valence-electron chi connectivity index (χ1n) is 7.81. The van der Waals surface area contributed by atoms with E-state index in [9.17, 15) is 13.2 Å². The Morgan fingerprint density at radius 1 is 1.32 bits per heavy atom. The van der Waals surface area contributed by atoms with Crippen LogP contribution in [0.4, 0.5) is 5.69 Å². The molecule has 1 amide bonds. The molecule has 0 aliphatic carbocycles. The summed E-state index contributed by atoms with van der Waals surface area (Å²) in [4.78, 5) is 16.5. The normalized spacial score (nSPS) is 11.6. The highest BCUT2D eigenvalue weighted by Gasteiger charge is 2.25. The van der Waals surface area contributed by atoms with Crippen LogP contribution in [0.5, 0.6) is 5.88 Å². The quantitative estimate of drug-likeness (QED) is 0.805. The van der Waals surface area contributed by atoms with Crippen molar-refractivity contribution in [2.45, 2.75) is 18.7 Å². The summed E-state index contributed by atoms with van der Waals surface area (Å²) < 4.78 is 32.9. The van der Waals surface area contributed by atoms with Crippen molar-refractivity contribution in [1.29, 1.82) is 0 Å². The number of aryl methyl sites for hydroxylation is 1. The number of carbonyl (C=O) groups excluding carboxylic acids is 1. The van der Waals surface area contributed by atoms with Gasteiger partial charge in [-0.3, -0.25) is 4.79 Å². The number of hydrogen-bond acceptors (Lipinski definition) is 5. The van der Waals surface area contributed by atoms with Crippen molar-refractivity contribution in [3.8, 4) is 5.88 Å². The summed E-state index contributed by atoms with van der Waals surface area (Å²) >= 11 is 0. The van der Waals surface area contributed by atoms with Crippen LogP contribution < -0.4 is 10.1 Å². The van der Waals surface area contributed by atoms with Crippen LogP contribution in [-0.4, -0.2) is 48.4 Å². The van der Waals surface area contributed by atoms with Gasteiger partial charge in [0.1, 0.15) is 10.6 Å². The lowest BCUT2D eigenvalue weighted by atomic mass is 10.3. The molecule has 0 aromatic carbocycles. The van der Waals surface area contributed by atoms with Crippen molar-refractivity contribution in [2.24, 2.45) is 7.05 Å². The molecule has 2 aromatic heterocycles. The molecular formula is C16H22N4O4S. The third kappa shape index (κ3) is 3.99. The molecule has 0 saturated heterocycles. The van der Waals surface area contributed by atoms with Gasteiger partial charge in [0.25, 0.3) is 5.91 Å². The maximum atomic E-state index is 12.6. The molecule has 136 valence electrons. The lowest BCUT2D eigenvalue weighted by molar-refractivity contribution is 0.101. The molecule has 2 aromatic rings. The van der Waals surface area contributed by atoms with Gasteiger partial charge in [-0.1, -0.05) is 13.8 Å².